The molecule has 0 saturated carbocycles. The first-order valence-electron chi connectivity index (χ1n) is 12.9. The summed E-state index contributed by atoms with van der Waals surface area (Å²) in [6, 6.07) is 14.7. The Morgan fingerprint density at radius 3 is 2.19 bits per heavy atom. The summed E-state index contributed by atoms with van der Waals surface area (Å²) < 4.78 is 0. The molecule has 1 aromatic carbocycles. The Bertz CT molecular complexity index is 1120. The van der Waals surface area contributed by atoms with Crippen LogP contribution in [0.4, 0.5) is 0 Å². The van der Waals surface area contributed by atoms with Crippen molar-refractivity contribution in [1.29, 1.82) is 5.26 Å². The minimum Gasteiger partial charge on any atom is -0.370 e. The molecule has 2 saturated heterocycles. The number of likely N-dealkylation sites (tertiary alicyclic amines) is 1. The van der Waals surface area contributed by atoms with E-state index in [1.54, 1.807) is 0 Å². The highest BCUT2D eigenvalue weighted by molar-refractivity contribution is 5.96. The average molecular weight is 483 g/mol. The van der Waals surface area contributed by atoms with Crippen LogP contribution in [0.2, 0.25) is 0 Å². The molecule has 5 rings (SSSR count). The van der Waals surface area contributed by atoms with Crippen molar-refractivity contribution in [2.45, 2.75) is 32.0 Å². The maximum atomic E-state index is 13.3. The Labute approximate surface area is 213 Å². The quantitative estimate of drug-likeness (QED) is 0.631. The molecule has 1 aromatic heterocycles. The fraction of sp³-hybridized carbons (Fsp3) is 0.414. The highest BCUT2D eigenvalue weighted by Gasteiger charge is 2.27. The van der Waals surface area contributed by atoms with Gasteiger partial charge in [0, 0.05) is 83.5 Å². The molecule has 2 aromatic rings. The van der Waals surface area contributed by atoms with Crippen LogP contribution >= 0.6 is 0 Å². The number of piperazine rings is 1. The Hall–Kier alpha value is -3.47. The molecular formula is C29H34N6O. The molecule has 0 atom stereocenters. The molecule has 3 aliphatic heterocycles. The molecule has 4 heterocycles. The van der Waals surface area contributed by atoms with E-state index < -0.39 is 0 Å². The van der Waals surface area contributed by atoms with Gasteiger partial charge in [0.2, 0.25) is 0 Å². The smallest absolute Gasteiger partial charge is 0.255 e. The van der Waals surface area contributed by atoms with Crippen molar-refractivity contribution < 1.29 is 4.79 Å². The predicted octanol–water partition coefficient (Wildman–Crippen LogP) is 3.02. The van der Waals surface area contributed by atoms with Crippen molar-refractivity contribution in [3.8, 4) is 6.07 Å². The minimum atomic E-state index is 0.151. The summed E-state index contributed by atoms with van der Waals surface area (Å²) in [6.45, 7) is 8.11. The molecule has 3 aliphatic rings. The van der Waals surface area contributed by atoms with Gasteiger partial charge < -0.3 is 9.80 Å². The van der Waals surface area contributed by atoms with Crippen LogP contribution in [-0.4, -0.2) is 82.3 Å². The van der Waals surface area contributed by atoms with Crippen LogP contribution in [-0.2, 0) is 17.9 Å². The van der Waals surface area contributed by atoms with Crippen molar-refractivity contribution >= 4 is 5.91 Å². The van der Waals surface area contributed by atoms with Gasteiger partial charge in [0.15, 0.2) is 0 Å². The first-order valence-corrected chi connectivity index (χ1v) is 12.9. The van der Waals surface area contributed by atoms with E-state index in [9.17, 15) is 4.79 Å². The van der Waals surface area contributed by atoms with Gasteiger partial charge in [-0.05, 0) is 48.2 Å². The van der Waals surface area contributed by atoms with Crippen molar-refractivity contribution in [2.24, 2.45) is 0 Å². The van der Waals surface area contributed by atoms with Crippen LogP contribution in [0.15, 0.2) is 72.7 Å². The lowest BCUT2D eigenvalue weighted by Gasteiger charge is -2.39. The number of nitrogens with zero attached hydrogens (tertiary/aromatic N) is 6. The molecule has 0 unspecified atom stereocenters. The molecule has 0 spiro atoms. The molecule has 0 radical (unpaired) electrons. The van der Waals surface area contributed by atoms with Crippen LogP contribution in [0.5, 0.6) is 0 Å². The zero-order chi connectivity index (χ0) is 24.7. The molecule has 36 heavy (non-hydrogen) atoms. The van der Waals surface area contributed by atoms with E-state index in [1.165, 1.54) is 11.1 Å². The van der Waals surface area contributed by atoms with Gasteiger partial charge in [-0.1, -0.05) is 24.3 Å². The minimum absolute atomic E-state index is 0.151. The number of carbonyl (C=O) groups excluding carboxylic acids is 1. The number of pyridine rings is 1. The fourth-order valence-electron chi connectivity index (χ4n) is 5.35. The van der Waals surface area contributed by atoms with E-state index in [-0.39, 0.29) is 5.91 Å². The van der Waals surface area contributed by atoms with Crippen LogP contribution in [0.3, 0.4) is 0 Å². The number of hydrogen-bond acceptors (Lipinski definition) is 6. The van der Waals surface area contributed by atoms with Gasteiger partial charge in [-0.25, -0.2) is 0 Å². The van der Waals surface area contributed by atoms with E-state index in [1.807, 2.05) is 35.5 Å². The molecule has 1 amide bonds. The second kappa shape index (κ2) is 11.5. The number of piperidine rings is 1. The van der Waals surface area contributed by atoms with E-state index in [0.717, 1.165) is 77.3 Å². The molecule has 2 fully saturated rings. The highest BCUT2D eigenvalue weighted by Crippen LogP contribution is 2.23. The zero-order valence-electron chi connectivity index (χ0n) is 20.8. The number of nitriles is 1. The van der Waals surface area contributed by atoms with Crippen molar-refractivity contribution in [3.05, 3.63) is 89.4 Å². The van der Waals surface area contributed by atoms with Crippen LogP contribution in [0.1, 0.15) is 29.5 Å². The van der Waals surface area contributed by atoms with E-state index in [0.29, 0.717) is 11.6 Å². The van der Waals surface area contributed by atoms with Gasteiger partial charge in [0.1, 0.15) is 0 Å². The Kier molecular flexibility index (Phi) is 7.75. The average Bonchev–Trinajstić information content (AvgIpc) is 2.94. The molecule has 0 aliphatic carbocycles. The third kappa shape index (κ3) is 6.01. The van der Waals surface area contributed by atoms with Crippen molar-refractivity contribution in [1.82, 2.24) is 24.6 Å². The van der Waals surface area contributed by atoms with Gasteiger partial charge >= 0.3 is 0 Å². The van der Waals surface area contributed by atoms with E-state index in [4.69, 9.17) is 5.26 Å². The Morgan fingerprint density at radius 2 is 1.53 bits per heavy atom. The number of aromatic nitrogens is 1. The first kappa shape index (κ1) is 24.2. The Morgan fingerprint density at radius 1 is 0.889 bits per heavy atom. The summed E-state index contributed by atoms with van der Waals surface area (Å²) in [5.74, 6) is 0.151. The van der Waals surface area contributed by atoms with Gasteiger partial charge in [-0.2, -0.15) is 5.26 Å². The monoisotopic (exact) mass is 482 g/mol. The fourth-order valence-corrected chi connectivity index (χ4v) is 5.35. The SMILES string of the molecule is N#Cc1ccc(CN2CCC(N3C=C(C(=O)N4CCN(Cc5ccncc5)CC4)C=CC3)CC2)cc1. The molecule has 186 valence electrons. The first-order chi connectivity index (χ1) is 17.7. The molecule has 7 heteroatoms. The molecular weight excluding hydrogens is 448 g/mol. The maximum Gasteiger partial charge on any atom is 0.255 e. The highest BCUT2D eigenvalue weighted by atomic mass is 16.2. The maximum absolute atomic E-state index is 13.3. The zero-order valence-corrected chi connectivity index (χ0v) is 20.8. The van der Waals surface area contributed by atoms with Gasteiger partial charge in [-0.15, -0.1) is 0 Å². The molecule has 0 bridgehead atoms. The Balaban J connectivity index is 1.10. The lowest BCUT2D eigenvalue weighted by atomic mass is 10.0. The lowest BCUT2D eigenvalue weighted by molar-refractivity contribution is -0.128. The number of carbonyl (C=O) groups is 1. The summed E-state index contributed by atoms with van der Waals surface area (Å²) in [5.41, 5.74) is 4.03. The molecule has 7 nitrogen and oxygen atoms in total. The molecule has 0 N–H and O–H groups in total. The van der Waals surface area contributed by atoms with Crippen LogP contribution < -0.4 is 0 Å². The summed E-state index contributed by atoms with van der Waals surface area (Å²) in [7, 11) is 0. The third-order valence-electron chi connectivity index (χ3n) is 7.50. The van der Waals surface area contributed by atoms with Crippen molar-refractivity contribution in [3.63, 3.8) is 0 Å². The van der Waals surface area contributed by atoms with Crippen LogP contribution in [0.25, 0.3) is 0 Å². The summed E-state index contributed by atoms with van der Waals surface area (Å²) >= 11 is 0. The number of rotatable bonds is 6. The van der Waals surface area contributed by atoms with Gasteiger partial charge in [0.05, 0.1) is 17.2 Å². The standard InChI is InChI=1S/C29H34N6O/c30-20-24-3-5-25(6-4-24)21-32-14-9-28(10-15-32)35-13-1-2-27(23-35)29(36)34-18-16-33(17-19-34)22-26-7-11-31-12-8-26/h1-8,11-12,23,28H,9-10,13-19,21-22H2. The second-order valence-corrected chi connectivity index (χ2v) is 9.92. The largest absolute Gasteiger partial charge is 0.370 e. The summed E-state index contributed by atoms with van der Waals surface area (Å²) in [4.78, 5) is 26.6. The van der Waals surface area contributed by atoms with E-state index >= 15 is 0 Å². The summed E-state index contributed by atoms with van der Waals surface area (Å²) in [6.07, 6.45) is 12.1. The third-order valence-corrected chi connectivity index (χ3v) is 7.50. The van der Waals surface area contributed by atoms with Crippen molar-refractivity contribution in [2.75, 3.05) is 45.8 Å². The topological polar surface area (TPSA) is 66.7 Å². The number of amides is 1. The second-order valence-electron chi connectivity index (χ2n) is 9.92. The summed E-state index contributed by atoms with van der Waals surface area (Å²) in [5, 5.41) is 8.99. The van der Waals surface area contributed by atoms with Gasteiger partial charge in [0.25, 0.3) is 5.91 Å². The van der Waals surface area contributed by atoms with Gasteiger partial charge in [-0.3, -0.25) is 19.6 Å². The number of benzene rings is 1. The van der Waals surface area contributed by atoms with E-state index in [2.05, 4.69) is 62.3 Å². The lowest BCUT2D eigenvalue weighted by Crippen LogP contribution is -2.49. The van der Waals surface area contributed by atoms with Crippen LogP contribution in [0, 0.1) is 11.3 Å². The number of hydrogen-bond donors (Lipinski definition) is 0. The predicted molar refractivity (Wildman–Crippen MR) is 139 cm³/mol. The normalized spacial score (nSPS) is 19.7.